The average Bonchev–Trinajstić information content (AvgIpc) is 2.77. The second-order valence-corrected chi connectivity index (χ2v) is 6.28. The fourth-order valence-corrected chi connectivity index (χ4v) is 2.92. The SMILES string of the molecule is CC(N)C(=O)Nc1ccc(Cl)c(-c2nnc3n2CCCCC3)c1. The largest absolute Gasteiger partial charge is 0.325 e. The van der Waals surface area contributed by atoms with E-state index in [4.69, 9.17) is 17.3 Å². The molecule has 6 nitrogen and oxygen atoms in total. The van der Waals surface area contributed by atoms with E-state index in [1.807, 2.05) is 6.07 Å². The molecule has 0 bridgehead atoms. The first kappa shape index (κ1) is 16.0. The summed E-state index contributed by atoms with van der Waals surface area (Å²) in [5, 5.41) is 12.0. The fourth-order valence-electron chi connectivity index (χ4n) is 2.71. The number of benzene rings is 1. The molecule has 0 aliphatic carbocycles. The number of carbonyl (C=O) groups excluding carboxylic acids is 1. The Morgan fingerprint density at radius 2 is 2.17 bits per heavy atom. The molecule has 7 heteroatoms. The third kappa shape index (κ3) is 3.38. The molecule has 1 atom stereocenters. The van der Waals surface area contributed by atoms with Crippen molar-refractivity contribution in [1.82, 2.24) is 14.8 Å². The Bertz CT molecular complexity index is 725. The van der Waals surface area contributed by atoms with Crippen LogP contribution in [0.3, 0.4) is 0 Å². The molecule has 2 heterocycles. The van der Waals surface area contributed by atoms with Crippen LogP contribution in [-0.4, -0.2) is 26.7 Å². The molecule has 3 N–H and O–H groups in total. The Morgan fingerprint density at radius 3 is 2.96 bits per heavy atom. The second-order valence-electron chi connectivity index (χ2n) is 5.87. The van der Waals surface area contributed by atoms with Crippen molar-refractivity contribution in [2.75, 3.05) is 5.32 Å². The summed E-state index contributed by atoms with van der Waals surface area (Å²) in [5.74, 6) is 1.51. The van der Waals surface area contributed by atoms with E-state index in [9.17, 15) is 4.79 Å². The van der Waals surface area contributed by atoms with Crippen LogP contribution >= 0.6 is 11.6 Å². The number of rotatable bonds is 3. The van der Waals surface area contributed by atoms with Crippen molar-refractivity contribution in [3.63, 3.8) is 0 Å². The maximum absolute atomic E-state index is 11.8. The van der Waals surface area contributed by atoms with Gasteiger partial charge >= 0.3 is 0 Å². The van der Waals surface area contributed by atoms with Crippen LogP contribution in [0.1, 0.15) is 32.0 Å². The second kappa shape index (κ2) is 6.68. The van der Waals surface area contributed by atoms with Gasteiger partial charge in [-0.05, 0) is 38.0 Å². The summed E-state index contributed by atoms with van der Waals surface area (Å²) >= 11 is 6.35. The minimum atomic E-state index is -0.571. The smallest absolute Gasteiger partial charge is 0.240 e. The quantitative estimate of drug-likeness (QED) is 0.904. The van der Waals surface area contributed by atoms with Gasteiger partial charge in [0.1, 0.15) is 5.82 Å². The van der Waals surface area contributed by atoms with Crippen LogP contribution < -0.4 is 11.1 Å². The number of hydrogen-bond donors (Lipinski definition) is 2. The summed E-state index contributed by atoms with van der Waals surface area (Å²) in [7, 11) is 0. The van der Waals surface area contributed by atoms with Crippen LogP contribution in [0, 0.1) is 0 Å². The lowest BCUT2D eigenvalue weighted by Gasteiger charge is -2.12. The number of nitrogens with two attached hydrogens (primary N) is 1. The van der Waals surface area contributed by atoms with Gasteiger partial charge in [0.15, 0.2) is 5.82 Å². The molecule has 1 aromatic heterocycles. The predicted molar refractivity (Wildman–Crippen MR) is 90.3 cm³/mol. The Morgan fingerprint density at radius 1 is 1.35 bits per heavy atom. The molecule has 1 amide bonds. The number of anilines is 1. The molecule has 3 rings (SSSR count). The van der Waals surface area contributed by atoms with Crippen LogP contribution in [0.4, 0.5) is 5.69 Å². The van der Waals surface area contributed by atoms with Crippen LogP contribution in [0.15, 0.2) is 18.2 Å². The summed E-state index contributed by atoms with van der Waals surface area (Å²) < 4.78 is 2.13. The van der Waals surface area contributed by atoms with Crippen molar-refractivity contribution in [2.24, 2.45) is 5.73 Å². The third-order valence-corrected chi connectivity index (χ3v) is 4.33. The summed E-state index contributed by atoms with van der Waals surface area (Å²) in [4.78, 5) is 11.8. The van der Waals surface area contributed by atoms with Crippen molar-refractivity contribution >= 4 is 23.2 Å². The molecule has 0 spiro atoms. The highest BCUT2D eigenvalue weighted by Crippen LogP contribution is 2.31. The standard InChI is InChI=1S/C16H20ClN5O/c1-10(18)16(23)19-11-6-7-13(17)12(9-11)15-21-20-14-5-3-2-4-8-22(14)15/h6-7,9-10H,2-5,8,18H2,1H3,(H,19,23). The molecule has 0 radical (unpaired) electrons. The van der Waals surface area contributed by atoms with Gasteiger partial charge < -0.3 is 15.6 Å². The predicted octanol–water partition coefficient (Wildman–Crippen LogP) is 2.61. The van der Waals surface area contributed by atoms with Crippen LogP contribution in [0.2, 0.25) is 5.02 Å². The van der Waals surface area contributed by atoms with Crippen molar-refractivity contribution in [3.05, 3.63) is 29.0 Å². The highest BCUT2D eigenvalue weighted by molar-refractivity contribution is 6.33. The molecule has 23 heavy (non-hydrogen) atoms. The average molecular weight is 334 g/mol. The van der Waals surface area contributed by atoms with Gasteiger partial charge in [-0.2, -0.15) is 0 Å². The van der Waals surface area contributed by atoms with Gasteiger partial charge in [0.05, 0.1) is 11.1 Å². The summed E-state index contributed by atoms with van der Waals surface area (Å²) in [6.45, 7) is 2.54. The lowest BCUT2D eigenvalue weighted by atomic mass is 10.1. The van der Waals surface area contributed by atoms with E-state index in [1.165, 1.54) is 6.42 Å². The lowest BCUT2D eigenvalue weighted by Crippen LogP contribution is -2.32. The van der Waals surface area contributed by atoms with E-state index in [0.29, 0.717) is 10.7 Å². The molecule has 1 aliphatic rings. The molecule has 2 aromatic rings. The van der Waals surface area contributed by atoms with Crippen molar-refractivity contribution in [1.29, 1.82) is 0 Å². The van der Waals surface area contributed by atoms with E-state index < -0.39 is 6.04 Å². The number of nitrogens with zero attached hydrogens (tertiary/aromatic N) is 3. The number of nitrogens with one attached hydrogen (secondary N) is 1. The van der Waals surface area contributed by atoms with E-state index in [1.54, 1.807) is 19.1 Å². The molecule has 1 unspecified atom stereocenters. The van der Waals surface area contributed by atoms with Gasteiger partial charge in [-0.15, -0.1) is 10.2 Å². The normalized spacial score (nSPS) is 15.6. The Kier molecular flexibility index (Phi) is 4.63. The first-order chi connectivity index (χ1) is 11.1. The summed E-state index contributed by atoms with van der Waals surface area (Å²) in [6.07, 6.45) is 4.37. The van der Waals surface area contributed by atoms with Gasteiger partial charge in [-0.3, -0.25) is 4.79 Å². The van der Waals surface area contributed by atoms with Crippen LogP contribution in [-0.2, 0) is 17.8 Å². The molecular weight excluding hydrogens is 314 g/mol. The van der Waals surface area contributed by atoms with E-state index in [2.05, 4.69) is 20.1 Å². The Labute approximate surface area is 140 Å². The van der Waals surface area contributed by atoms with Crippen molar-refractivity contribution < 1.29 is 4.79 Å². The number of hydrogen-bond acceptors (Lipinski definition) is 4. The highest BCUT2D eigenvalue weighted by atomic mass is 35.5. The first-order valence-corrected chi connectivity index (χ1v) is 8.22. The highest BCUT2D eigenvalue weighted by Gasteiger charge is 2.18. The molecule has 0 fully saturated rings. The number of amides is 1. The van der Waals surface area contributed by atoms with E-state index in [-0.39, 0.29) is 5.91 Å². The van der Waals surface area contributed by atoms with E-state index >= 15 is 0 Å². The number of halogens is 1. The van der Waals surface area contributed by atoms with E-state index in [0.717, 1.165) is 43.0 Å². The Hall–Kier alpha value is -1.92. The van der Waals surface area contributed by atoms with Gasteiger partial charge in [0.2, 0.25) is 5.91 Å². The molecule has 0 saturated heterocycles. The van der Waals surface area contributed by atoms with Gasteiger partial charge in [-0.1, -0.05) is 18.0 Å². The number of aryl methyl sites for hydroxylation is 1. The summed E-state index contributed by atoms with van der Waals surface area (Å²) in [5.41, 5.74) is 7.01. The minimum absolute atomic E-state index is 0.238. The zero-order chi connectivity index (χ0) is 16.4. The summed E-state index contributed by atoms with van der Waals surface area (Å²) in [6, 6.07) is 4.77. The molecular formula is C16H20ClN5O. The van der Waals surface area contributed by atoms with Gasteiger partial charge in [-0.25, -0.2) is 0 Å². The van der Waals surface area contributed by atoms with Crippen molar-refractivity contribution in [2.45, 2.75) is 45.2 Å². The molecule has 1 aromatic carbocycles. The maximum Gasteiger partial charge on any atom is 0.240 e. The Balaban J connectivity index is 1.96. The zero-order valence-electron chi connectivity index (χ0n) is 13.1. The number of carbonyl (C=O) groups is 1. The maximum atomic E-state index is 11.8. The lowest BCUT2D eigenvalue weighted by molar-refractivity contribution is -0.117. The van der Waals surface area contributed by atoms with Gasteiger partial charge in [0.25, 0.3) is 0 Å². The van der Waals surface area contributed by atoms with Crippen LogP contribution in [0.5, 0.6) is 0 Å². The number of fused-ring (bicyclic) bond motifs is 1. The zero-order valence-corrected chi connectivity index (χ0v) is 13.8. The third-order valence-electron chi connectivity index (χ3n) is 4.00. The fraction of sp³-hybridized carbons (Fsp3) is 0.438. The molecule has 1 aliphatic heterocycles. The molecule has 0 saturated carbocycles. The first-order valence-electron chi connectivity index (χ1n) is 7.84. The van der Waals surface area contributed by atoms with Crippen molar-refractivity contribution in [3.8, 4) is 11.4 Å². The monoisotopic (exact) mass is 333 g/mol. The van der Waals surface area contributed by atoms with Crippen LogP contribution in [0.25, 0.3) is 11.4 Å². The topological polar surface area (TPSA) is 85.8 Å². The van der Waals surface area contributed by atoms with Gasteiger partial charge in [0, 0.05) is 24.2 Å². The minimum Gasteiger partial charge on any atom is -0.325 e. The number of aromatic nitrogens is 3. The molecule has 122 valence electrons.